The van der Waals surface area contributed by atoms with E-state index in [1.165, 1.54) is 13.2 Å². The summed E-state index contributed by atoms with van der Waals surface area (Å²) >= 11 is 0. The Morgan fingerprint density at radius 3 is 2.67 bits per heavy atom. The van der Waals surface area contributed by atoms with Crippen LogP contribution < -0.4 is 15.0 Å². The van der Waals surface area contributed by atoms with E-state index in [1.807, 2.05) is 11.9 Å². The highest BCUT2D eigenvalue weighted by Crippen LogP contribution is 2.35. The standard InChI is InChI=1S/C14H20FN3O3/c1-16-9-10-3-5-17(6-4-10)12-8-14(21-2)13(18(19)20)7-11(12)15/h7-8,10,16H,3-6,9H2,1-2H3. The molecule has 2 rings (SSSR count). The first-order chi connectivity index (χ1) is 10.1. The number of anilines is 1. The highest BCUT2D eigenvalue weighted by molar-refractivity contribution is 5.60. The lowest BCUT2D eigenvalue weighted by atomic mass is 9.96. The van der Waals surface area contributed by atoms with Gasteiger partial charge in [0.05, 0.1) is 23.8 Å². The molecule has 0 amide bonds. The predicted octanol–water partition coefficient (Wildman–Crippen LogP) is 2.18. The van der Waals surface area contributed by atoms with Crippen LogP contribution in [-0.2, 0) is 0 Å². The lowest BCUT2D eigenvalue weighted by Gasteiger charge is -2.33. The van der Waals surface area contributed by atoms with Crippen molar-refractivity contribution in [3.8, 4) is 5.75 Å². The van der Waals surface area contributed by atoms with Crippen molar-refractivity contribution in [2.75, 3.05) is 38.7 Å². The molecule has 1 heterocycles. The molecule has 0 unspecified atom stereocenters. The van der Waals surface area contributed by atoms with Gasteiger partial charge in [-0.2, -0.15) is 0 Å². The number of benzene rings is 1. The first-order valence-electron chi connectivity index (χ1n) is 6.98. The Labute approximate surface area is 123 Å². The van der Waals surface area contributed by atoms with E-state index in [0.29, 0.717) is 11.6 Å². The maximum Gasteiger partial charge on any atom is 0.313 e. The summed E-state index contributed by atoms with van der Waals surface area (Å²) in [7, 11) is 3.27. The zero-order valence-corrected chi connectivity index (χ0v) is 12.3. The third-order valence-electron chi connectivity index (χ3n) is 3.89. The molecule has 0 saturated carbocycles. The van der Waals surface area contributed by atoms with E-state index in [0.717, 1.165) is 38.5 Å². The average molecular weight is 297 g/mol. The number of ether oxygens (including phenoxy) is 1. The van der Waals surface area contributed by atoms with Crippen molar-refractivity contribution in [2.24, 2.45) is 5.92 Å². The lowest BCUT2D eigenvalue weighted by molar-refractivity contribution is -0.385. The number of methoxy groups -OCH3 is 1. The van der Waals surface area contributed by atoms with Crippen LogP contribution in [0.3, 0.4) is 0 Å². The van der Waals surface area contributed by atoms with Crippen molar-refractivity contribution in [2.45, 2.75) is 12.8 Å². The number of nitro benzene ring substituents is 1. The normalized spacial score (nSPS) is 16.0. The molecule has 0 radical (unpaired) electrons. The molecule has 0 spiro atoms. The van der Waals surface area contributed by atoms with Crippen LogP contribution >= 0.6 is 0 Å². The molecule has 7 heteroatoms. The zero-order valence-electron chi connectivity index (χ0n) is 12.3. The van der Waals surface area contributed by atoms with Crippen LogP contribution in [0.4, 0.5) is 15.8 Å². The molecule has 1 aliphatic rings. The summed E-state index contributed by atoms with van der Waals surface area (Å²) in [6.45, 7) is 2.44. The summed E-state index contributed by atoms with van der Waals surface area (Å²) < 4.78 is 19.2. The van der Waals surface area contributed by atoms with Gasteiger partial charge in [-0.3, -0.25) is 10.1 Å². The molecular formula is C14H20FN3O3. The lowest BCUT2D eigenvalue weighted by Crippen LogP contribution is -2.37. The number of nitrogens with zero attached hydrogens (tertiary/aromatic N) is 2. The molecule has 1 N–H and O–H groups in total. The van der Waals surface area contributed by atoms with Crippen molar-refractivity contribution >= 4 is 11.4 Å². The molecule has 0 bridgehead atoms. The molecule has 21 heavy (non-hydrogen) atoms. The van der Waals surface area contributed by atoms with Crippen molar-refractivity contribution < 1.29 is 14.1 Å². The average Bonchev–Trinajstić information content (AvgIpc) is 2.48. The van der Waals surface area contributed by atoms with Crippen molar-refractivity contribution in [1.29, 1.82) is 0 Å². The van der Waals surface area contributed by atoms with Gasteiger partial charge in [0.25, 0.3) is 0 Å². The van der Waals surface area contributed by atoms with E-state index in [1.54, 1.807) is 0 Å². The van der Waals surface area contributed by atoms with E-state index < -0.39 is 10.7 Å². The fourth-order valence-electron chi connectivity index (χ4n) is 2.75. The second-order valence-electron chi connectivity index (χ2n) is 5.22. The quantitative estimate of drug-likeness (QED) is 0.666. The molecular weight excluding hydrogens is 277 g/mol. The number of halogens is 1. The third-order valence-corrected chi connectivity index (χ3v) is 3.89. The van der Waals surface area contributed by atoms with Crippen LogP contribution in [-0.4, -0.2) is 38.7 Å². The van der Waals surface area contributed by atoms with E-state index in [4.69, 9.17) is 4.74 Å². The van der Waals surface area contributed by atoms with E-state index in [2.05, 4.69) is 5.32 Å². The Morgan fingerprint density at radius 1 is 1.48 bits per heavy atom. The maximum atomic E-state index is 14.1. The van der Waals surface area contributed by atoms with Crippen LogP contribution in [0.1, 0.15) is 12.8 Å². The van der Waals surface area contributed by atoms with E-state index in [9.17, 15) is 14.5 Å². The van der Waals surface area contributed by atoms with Gasteiger partial charge in [0.2, 0.25) is 0 Å². The molecule has 0 aliphatic carbocycles. The van der Waals surface area contributed by atoms with Crippen molar-refractivity contribution in [1.82, 2.24) is 5.32 Å². The van der Waals surface area contributed by atoms with Gasteiger partial charge >= 0.3 is 5.69 Å². The van der Waals surface area contributed by atoms with Crippen molar-refractivity contribution in [3.63, 3.8) is 0 Å². The van der Waals surface area contributed by atoms with E-state index in [-0.39, 0.29) is 11.4 Å². The minimum Gasteiger partial charge on any atom is -0.490 e. The fourth-order valence-corrected chi connectivity index (χ4v) is 2.75. The summed E-state index contributed by atoms with van der Waals surface area (Å²) in [4.78, 5) is 12.2. The van der Waals surface area contributed by atoms with Gasteiger partial charge in [0, 0.05) is 19.2 Å². The van der Waals surface area contributed by atoms with Gasteiger partial charge in [-0.15, -0.1) is 0 Å². The Kier molecular flexibility index (Phi) is 4.95. The highest BCUT2D eigenvalue weighted by Gasteiger charge is 2.25. The smallest absolute Gasteiger partial charge is 0.313 e. The molecule has 1 aliphatic heterocycles. The summed E-state index contributed by atoms with van der Waals surface area (Å²) in [6, 6.07) is 2.36. The minimum absolute atomic E-state index is 0.0914. The van der Waals surface area contributed by atoms with Gasteiger partial charge in [0.1, 0.15) is 0 Å². The summed E-state index contributed by atoms with van der Waals surface area (Å²) in [5, 5.41) is 14.0. The first-order valence-corrected chi connectivity index (χ1v) is 6.98. The molecule has 0 atom stereocenters. The van der Waals surface area contributed by atoms with Crippen LogP contribution in [0.25, 0.3) is 0 Å². The Bertz CT molecular complexity index is 516. The predicted molar refractivity (Wildman–Crippen MR) is 78.5 cm³/mol. The van der Waals surface area contributed by atoms with Crippen LogP contribution in [0, 0.1) is 21.8 Å². The molecule has 116 valence electrons. The summed E-state index contributed by atoms with van der Waals surface area (Å²) in [5.74, 6) is 0.109. The minimum atomic E-state index is -0.634. The second kappa shape index (κ2) is 6.71. The number of nitro groups is 1. The SMILES string of the molecule is CNCC1CCN(c2cc(OC)c([N+](=O)[O-])cc2F)CC1. The Balaban J connectivity index is 2.19. The van der Waals surface area contributed by atoms with Crippen molar-refractivity contribution in [3.05, 3.63) is 28.1 Å². The highest BCUT2D eigenvalue weighted by atomic mass is 19.1. The topological polar surface area (TPSA) is 67.6 Å². The van der Waals surface area contributed by atoms with Gasteiger partial charge in [-0.1, -0.05) is 0 Å². The number of rotatable bonds is 5. The summed E-state index contributed by atoms with van der Waals surface area (Å²) in [5.41, 5.74) is 0.0316. The van der Waals surface area contributed by atoms with Gasteiger partial charge in [-0.05, 0) is 32.4 Å². The third kappa shape index (κ3) is 3.41. The molecule has 1 aromatic carbocycles. The van der Waals surface area contributed by atoms with Crippen LogP contribution in [0.15, 0.2) is 12.1 Å². The largest absolute Gasteiger partial charge is 0.490 e. The van der Waals surface area contributed by atoms with Gasteiger partial charge < -0.3 is 15.0 Å². The number of piperidine rings is 1. The molecule has 6 nitrogen and oxygen atoms in total. The van der Waals surface area contributed by atoms with Crippen LogP contribution in [0.5, 0.6) is 5.75 Å². The van der Waals surface area contributed by atoms with Crippen LogP contribution in [0.2, 0.25) is 0 Å². The monoisotopic (exact) mass is 297 g/mol. The number of nitrogens with one attached hydrogen (secondary N) is 1. The maximum absolute atomic E-state index is 14.1. The molecule has 0 aromatic heterocycles. The molecule has 1 saturated heterocycles. The molecule has 1 fully saturated rings. The van der Waals surface area contributed by atoms with E-state index >= 15 is 0 Å². The van der Waals surface area contributed by atoms with Gasteiger partial charge in [0.15, 0.2) is 11.6 Å². The molecule has 1 aromatic rings. The Morgan fingerprint density at radius 2 is 2.14 bits per heavy atom. The zero-order chi connectivity index (χ0) is 15.4. The first kappa shape index (κ1) is 15.5. The fraction of sp³-hybridized carbons (Fsp3) is 0.571. The summed E-state index contributed by atoms with van der Waals surface area (Å²) in [6.07, 6.45) is 1.94. The van der Waals surface area contributed by atoms with Gasteiger partial charge in [-0.25, -0.2) is 4.39 Å². The number of hydrogen-bond donors (Lipinski definition) is 1. The Hall–Kier alpha value is -1.89. The number of hydrogen-bond acceptors (Lipinski definition) is 5. The second-order valence-corrected chi connectivity index (χ2v) is 5.22.